The fourth-order valence-electron chi connectivity index (χ4n) is 8.13. The molecule has 0 aliphatic carbocycles. The summed E-state index contributed by atoms with van der Waals surface area (Å²) in [7, 11) is 3.49. The molecule has 1 saturated heterocycles. The van der Waals surface area contributed by atoms with Crippen molar-refractivity contribution in [1.29, 1.82) is 0 Å². The lowest BCUT2D eigenvalue weighted by molar-refractivity contribution is -0.142. The van der Waals surface area contributed by atoms with E-state index < -0.39 is 59.9 Å². The van der Waals surface area contributed by atoms with Crippen molar-refractivity contribution < 1.29 is 38.6 Å². The van der Waals surface area contributed by atoms with Crippen LogP contribution in [0.25, 0.3) is 22.3 Å². The molecule has 4 aromatic rings. The molecule has 2 heterocycles. The van der Waals surface area contributed by atoms with Gasteiger partial charge in [-0.2, -0.15) is 0 Å². The molecule has 1 fully saturated rings. The fraction of sp³-hybridized carbons (Fsp3) is 0.400. The van der Waals surface area contributed by atoms with Crippen LogP contribution in [0.4, 0.5) is 0 Å². The van der Waals surface area contributed by atoms with Crippen LogP contribution >= 0.6 is 11.6 Å². The third kappa shape index (κ3) is 13.2. The first-order valence-electron chi connectivity index (χ1n) is 22.8. The molecule has 5 atom stereocenters. The third-order valence-electron chi connectivity index (χ3n) is 12.4. The number of hydrogen-bond acceptors (Lipinski definition) is 12. The molecule has 0 saturated carbocycles. The molecule has 5 amide bonds. The molecule has 68 heavy (non-hydrogen) atoms. The SMILES string of the molecule is CC(=O)[C@H](C)NC(=O)[C@@H]1Cc2ccc(O)c(c2)-c2cc(ccc2OCCN2CCN(C)CC2)[C@H](N(C)C(=O)[C@H](CCCCN)NC(=O)c2ccc(-c3ccc(Cl)cc3)cc2)C(=O)N[C@@H](N)C(=O)N1. The quantitative estimate of drug-likeness (QED) is 0.0803. The number of fused-ring (bicyclic) bond motifs is 5. The van der Waals surface area contributed by atoms with Gasteiger partial charge in [0.15, 0.2) is 11.9 Å². The fourth-order valence-corrected chi connectivity index (χ4v) is 8.25. The van der Waals surface area contributed by atoms with Crippen LogP contribution in [0.1, 0.15) is 60.6 Å². The Morgan fingerprint density at radius 3 is 2.22 bits per heavy atom. The first-order valence-corrected chi connectivity index (χ1v) is 23.2. The minimum absolute atomic E-state index is 0.0843. The van der Waals surface area contributed by atoms with E-state index in [9.17, 15) is 33.9 Å². The summed E-state index contributed by atoms with van der Waals surface area (Å²) in [5, 5.41) is 22.7. The van der Waals surface area contributed by atoms with Crippen molar-refractivity contribution in [2.75, 3.05) is 60.0 Å². The number of piperazine rings is 1. The Morgan fingerprint density at radius 2 is 1.56 bits per heavy atom. The highest BCUT2D eigenvalue weighted by atomic mass is 35.5. The van der Waals surface area contributed by atoms with Gasteiger partial charge in [0.05, 0.1) is 6.04 Å². The van der Waals surface area contributed by atoms with Gasteiger partial charge in [0.2, 0.25) is 17.7 Å². The minimum atomic E-state index is -1.71. The molecule has 4 bridgehead atoms. The molecule has 9 N–H and O–H groups in total. The Bertz CT molecular complexity index is 2450. The largest absolute Gasteiger partial charge is 0.507 e. The summed E-state index contributed by atoms with van der Waals surface area (Å²) in [5.74, 6) is -3.68. The van der Waals surface area contributed by atoms with Gasteiger partial charge in [-0.05, 0) is 117 Å². The molecule has 0 radical (unpaired) electrons. The maximum absolute atomic E-state index is 14.8. The minimum Gasteiger partial charge on any atom is -0.507 e. The Kier molecular flexibility index (Phi) is 17.7. The normalized spacial score (nSPS) is 18.8. The first kappa shape index (κ1) is 51.0. The number of carbonyl (C=O) groups excluding carboxylic acids is 6. The third-order valence-corrected chi connectivity index (χ3v) is 12.7. The number of phenolic OH excluding ortho intramolecular Hbond substituents is 1. The zero-order chi connectivity index (χ0) is 49.1. The average Bonchev–Trinajstić information content (AvgIpc) is 3.32. The number of unbranched alkanes of at least 4 members (excludes halogenated alkanes) is 1. The highest BCUT2D eigenvalue weighted by molar-refractivity contribution is 6.30. The van der Waals surface area contributed by atoms with E-state index in [-0.39, 0.29) is 35.5 Å². The predicted molar refractivity (Wildman–Crippen MR) is 260 cm³/mol. The van der Waals surface area contributed by atoms with Crippen molar-refractivity contribution in [3.8, 4) is 33.8 Å². The first-order chi connectivity index (χ1) is 32.5. The number of halogens is 1. The van der Waals surface area contributed by atoms with Gasteiger partial charge in [0.1, 0.15) is 36.2 Å². The molecule has 2 aliphatic heterocycles. The van der Waals surface area contributed by atoms with Crippen LogP contribution in [0, 0.1) is 0 Å². The number of likely N-dealkylation sites (N-methyl/N-ethyl adjacent to an activating group) is 2. The van der Waals surface area contributed by atoms with Gasteiger partial charge in [-0.3, -0.25) is 33.7 Å². The molecule has 0 spiro atoms. The van der Waals surface area contributed by atoms with E-state index in [0.29, 0.717) is 60.0 Å². The number of ketones is 1. The van der Waals surface area contributed by atoms with Crippen molar-refractivity contribution in [2.24, 2.45) is 11.5 Å². The second-order valence-electron chi connectivity index (χ2n) is 17.4. The summed E-state index contributed by atoms with van der Waals surface area (Å²) in [5.41, 5.74) is 15.7. The van der Waals surface area contributed by atoms with Crippen LogP contribution in [0.2, 0.25) is 5.02 Å². The van der Waals surface area contributed by atoms with Gasteiger partial charge in [-0.25, -0.2) is 0 Å². The van der Waals surface area contributed by atoms with Crippen LogP contribution in [-0.4, -0.2) is 139 Å². The molecule has 2 aliphatic rings. The maximum Gasteiger partial charge on any atom is 0.258 e. The zero-order valence-electron chi connectivity index (χ0n) is 38.9. The molecule has 17 nitrogen and oxygen atoms in total. The van der Waals surface area contributed by atoms with Crippen LogP contribution in [0.5, 0.6) is 11.5 Å². The number of phenols is 1. The number of amides is 5. The van der Waals surface area contributed by atoms with E-state index in [4.69, 9.17) is 27.8 Å². The Labute approximate surface area is 401 Å². The highest BCUT2D eigenvalue weighted by Crippen LogP contribution is 2.39. The van der Waals surface area contributed by atoms with E-state index in [1.807, 2.05) is 12.1 Å². The van der Waals surface area contributed by atoms with E-state index in [0.717, 1.165) is 37.3 Å². The number of ether oxygens (including phenoxy) is 1. The molecule has 0 aromatic heterocycles. The molecular formula is C50H62ClN9O8. The van der Waals surface area contributed by atoms with Crippen LogP contribution in [0.3, 0.4) is 0 Å². The maximum atomic E-state index is 14.8. The van der Waals surface area contributed by atoms with Gasteiger partial charge in [0.25, 0.3) is 11.8 Å². The number of aromatic hydroxyl groups is 1. The molecule has 0 unspecified atom stereocenters. The monoisotopic (exact) mass is 951 g/mol. The number of nitrogens with zero attached hydrogens (tertiary/aromatic N) is 3. The number of benzene rings is 4. The van der Waals surface area contributed by atoms with Crippen molar-refractivity contribution in [3.05, 3.63) is 107 Å². The summed E-state index contributed by atoms with van der Waals surface area (Å²) in [6.07, 6.45) is -0.581. The molecular weight excluding hydrogens is 890 g/mol. The van der Waals surface area contributed by atoms with Crippen LogP contribution in [0.15, 0.2) is 84.9 Å². The Balaban J connectivity index is 1.37. The van der Waals surface area contributed by atoms with Crippen molar-refractivity contribution in [1.82, 2.24) is 36.0 Å². The molecule has 362 valence electrons. The topological polar surface area (TPSA) is 242 Å². The number of carbonyl (C=O) groups is 6. The average molecular weight is 953 g/mol. The second-order valence-corrected chi connectivity index (χ2v) is 17.9. The lowest BCUT2D eigenvalue weighted by Gasteiger charge is -2.33. The summed E-state index contributed by atoms with van der Waals surface area (Å²) < 4.78 is 6.43. The number of rotatable bonds is 16. The van der Waals surface area contributed by atoms with Gasteiger partial charge in [0, 0.05) is 67.9 Å². The van der Waals surface area contributed by atoms with Crippen molar-refractivity contribution in [3.63, 3.8) is 0 Å². The number of nitrogens with one attached hydrogen (secondary N) is 4. The number of hydrogen-bond donors (Lipinski definition) is 7. The van der Waals surface area contributed by atoms with Crippen molar-refractivity contribution >= 4 is 46.9 Å². The lowest BCUT2D eigenvalue weighted by Crippen LogP contribution is -2.60. The smallest absolute Gasteiger partial charge is 0.258 e. The summed E-state index contributed by atoms with van der Waals surface area (Å²) in [6.45, 7) is 7.69. The number of nitrogens with two attached hydrogens (primary N) is 2. The molecule has 4 aromatic carbocycles. The van der Waals surface area contributed by atoms with Gasteiger partial charge in [-0.1, -0.05) is 48.0 Å². The van der Waals surface area contributed by atoms with E-state index in [1.54, 1.807) is 66.7 Å². The summed E-state index contributed by atoms with van der Waals surface area (Å²) in [6, 6.07) is 19.1. The lowest BCUT2D eigenvalue weighted by atomic mass is 9.93. The zero-order valence-corrected chi connectivity index (χ0v) is 39.7. The van der Waals surface area contributed by atoms with Gasteiger partial charge in [-0.15, -0.1) is 0 Å². The summed E-state index contributed by atoms with van der Waals surface area (Å²) >= 11 is 6.08. The summed E-state index contributed by atoms with van der Waals surface area (Å²) in [4.78, 5) is 88.5. The Morgan fingerprint density at radius 1 is 0.882 bits per heavy atom. The van der Waals surface area contributed by atoms with E-state index in [1.165, 1.54) is 31.9 Å². The number of Topliss-reactive ketones (excluding diaryl/α,β-unsaturated/α-hetero) is 1. The van der Waals surface area contributed by atoms with Gasteiger partial charge < -0.3 is 52.4 Å². The van der Waals surface area contributed by atoms with Crippen LogP contribution < -0.4 is 37.5 Å². The Hall–Kier alpha value is -6.37. The highest BCUT2D eigenvalue weighted by Gasteiger charge is 2.36. The second kappa shape index (κ2) is 23.6. The molecule has 6 rings (SSSR count). The molecule has 18 heteroatoms. The van der Waals surface area contributed by atoms with Crippen molar-refractivity contribution in [2.45, 2.75) is 69.9 Å². The van der Waals surface area contributed by atoms with E-state index in [2.05, 4.69) is 38.1 Å². The predicted octanol–water partition coefficient (Wildman–Crippen LogP) is 2.97. The standard InChI is InChI=1S/C50H62ClN9O8/c1-30(31(2)61)54-47(64)41-28-32-8-18-42(62)38(27-32)39-29-36(15-19-43(39)68-26-25-60-23-21-58(3)22-24-60)44(48(65)57-45(53)49(66)56-41)59(4)50(67)40(7-5-6-20-52)55-46(63)35-11-9-33(10-12-35)34-13-16-37(51)17-14-34/h8-19,27,29-30,40-41,44-45,62H,5-7,20-26,28,52-53H2,1-4H3,(H,54,64)(H,55,63)(H,56,66)(H,57,65)/t30-,40-,41-,44-,45+/m0/s1. The van der Waals surface area contributed by atoms with E-state index >= 15 is 0 Å². The van der Waals surface area contributed by atoms with Crippen LogP contribution in [-0.2, 0) is 30.4 Å². The van der Waals surface area contributed by atoms with Gasteiger partial charge >= 0.3 is 0 Å².